The standard InChI is InChI=1S/C10H17N3O2/c1-9(2)6-4-5-10(3,15-9)8(12-11)7(6)13-14/h6-7H,4-5,11H2,1-3H3. The smallest absolute Gasteiger partial charge is 0.140 e. The van der Waals surface area contributed by atoms with Crippen LogP contribution in [0.5, 0.6) is 0 Å². The molecule has 0 amide bonds. The summed E-state index contributed by atoms with van der Waals surface area (Å²) in [6.45, 7) is 5.94. The molecule has 15 heavy (non-hydrogen) atoms. The highest BCUT2D eigenvalue weighted by molar-refractivity contribution is 5.98. The van der Waals surface area contributed by atoms with Crippen LogP contribution in [0.25, 0.3) is 0 Å². The van der Waals surface area contributed by atoms with Gasteiger partial charge in [-0.05, 0) is 33.6 Å². The molecule has 0 aromatic carbocycles. The van der Waals surface area contributed by atoms with E-state index in [1.54, 1.807) is 0 Å². The molecule has 84 valence electrons. The summed E-state index contributed by atoms with van der Waals surface area (Å²) in [4.78, 5) is 10.9. The van der Waals surface area contributed by atoms with E-state index in [4.69, 9.17) is 10.6 Å². The maximum absolute atomic E-state index is 10.9. The van der Waals surface area contributed by atoms with Gasteiger partial charge in [0.25, 0.3) is 0 Å². The van der Waals surface area contributed by atoms with Crippen LogP contribution in [0.4, 0.5) is 0 Å². The van der Waals surface area contributed by atoms with Gasteiger partial charge < -0.3 is 10.6 Å². The zero-order valence-electron chi connectivity index (χ0n) is 9.36. The summed E-state index contributed by atoms with van der Waals surface area (Å²) in [7, 11) is 0. The van der Waals surface area contributed by atoms with E-state index in [0.29, 0.717) is 5.71 Å². The Morgan fingerprint density at radius 1 is 1.47 bits per heavy atom. The van der Waals surface area contributed by atoms with E-state index >= 15 is 0 Å². The van der Waals surface area contributed by atoms with Gasteiger partial charge in [0.15, 0.2) is 0 Å². The van der Waals surface area contributed by atoms with Crippen molar-refractivity contribution in [2.45, 2.75) is 50.9 Å². The van der Waals surface area contributed by atoms with Gasteiger partial charge in [-0.15, -0.1) is 0 Å². The van der Waals surface area contributed by atoms with E-state index in [-0.39, 0.29) is 11.5 Å². The van der Waals surface area contributed by atoms with Gasteiger partial charge in [0, 0.05) is 5.92 Å². The Bertz CT molecular complexity index is 327. The minimum atomic E-state index is -0.508. The van der Waals surface area contributed by atoms with Crippen LogP contribution < -0.4 is 5.84 Å². The van der Waals surface area contributed by atoms with Crippen molar-refractivity contribution in [2.75, 3.05) is 0 Å². The summed E-state index contributed by atoms with van der Waals surface area (Å²) in [5.74, 6) is 5.44. The van der Waals surface area contributed by atoms with Gasteiger partial charge in [0.1, 0.15) is 11.6 Å². The van der Waals surface area contributed by atoms with Crippen LogP contribution in [0, 0.1) is 10.8 Å². The van der Waals surface area contributed by atoms with E-state index in [2.05, 4.69) is 10.3 Å². The average Bonchev–Trinajstić information content (AvgIpc) is 2.14. The SMILES string of the molecule is CC12CCC(C(N=O)C1=NN)C(C)(C)O2. The summed E-state index contributed by atoms with van der Waals surface area (Å²) >= 11 is 0. The zero-order chi connectivity index (χ0) is 11.3. The minimum absolute atomic E-state index is 0.0964. The molecule has 3 rings (SSSR count). The largest absolute Gasteiger partial charge is 0.363 e. The fraction of sp³-hybridized carbons (Fsp3) is 0.900. The second-order valence-electron chi connectivity index (χ2n) is 5.15. The van der Waals surface area contributed by atoms with Crippen molar-refractivity contribution < 1.29 is 4.74 Å². The van der Waals surface area contributed by atoms with E-state index in [0.717, 1.165) is 12.8 Å². The molecule has 2 aliphatic heterocycles. The van der Waals surface area contributed by atoms with Crippen molar-refractivity contribution >= 4 is 5.71 Å². The quantitative estimate of drug-likeness (QED) is 0.404. The number of ether oxygens (including phenoxy) is 1. The molecule has 0 spiro atoms. The molecule has 5 nitrogen and oxygen atoms in total. The topological polar surface area (TPSA) is 77.0 Å². The highest BCUT2D eigenvalue weighted by Crippen LogP contribution is 2.49. The van der Waals surface area contributed by atoms with Crippen LogP contribution in [0.1, 0.15) is 33.6 Å². The summed E-state index contributed by atoms with van der Waals surface area (Å²) in [5, 5.41) is 6.90. The van der Waals surface area contributed by atoms with Crippen molar-refractivity contribution in [1.29, 1.82) is 0 Å². The summed E-state index contributed by atoms with van der Waals surface area (Å²) in [5.41, 5.74) is -0.223. The third-order valence-electron chi connectivity index (χ3n) is 3.77. The molecule has 5 heteroatoms. The van der Waals surface area contributed by atoms with Gasteiger partial charge in [-0.3, -0.25) is 0 Å². The maximum Gasteiger partial charge on any atom is 0.140 e. The molecule has 3 fully saturated rings. The lowest BCUT2D eigenvalue weighted by Gasteiger charge is -2.55. The number of hydrogen-bond donors (Lipinski definition) is 1. The predicted octanol–water partition coefficient (Wildman–Crippen LogP) is 1.41. The minimum Gasteiger partial charge on any atom is -0.363 e. The Kier molecular flexibility index (Phi) is 2.12. The van der Waals surface area contributed by atoms with Crippen molar-refractivity contribution in [1.82, 2.24) is 0 Å². The summed E-state index contributed by atoms with van der Waals surface area (Å²) in [6, 6.07) is -0.419. The highest BCUT2D eigenvalue weighted by Gasteiger charge is 2.58. The first-order chi connectivity index (χ1) is 6.94. The second kappa shape index (κ2) is 3.01. The second-order valence-corrected chi connectivity index (χ2v) is 5.15. The van der Waals surface area contributed by atoms with Gasteiger partial charge in [-0.2, -0.15) is 10.0 Å². The zero-order valence-corrected chi connectivity index (χ0v) is 9.36. The molecule has 0 radical (unpaired) electrons. The van der Waals surface area contributed by atoms with Gasteiger partial charge in [0.2, 0.25) is 0 Å². The molecule has 3 unspecified atom stereocenters. The first kappa shape index (κ1) is 10.5. The van der Waals surface area contributed by atoms with E-state index in [1.807, 2.05) is 20.8 Å². The molecule has 1 saturated carbocycles. The first-order valence-corrected chi connectivity index (χ1v) is 5.25. The predicted molar refractivity (Wildman–Crippen MR) is 57.5 cm³/mol. The van der Waals surface area contributed by atoms with Crippen molar-refractivity contribution in [3.63, 3.8) is 0 Å². The van der Waals surface area contributed by atoms with E-state index in [1.165, 1.54) is 0 Å². The number of hydrazone groups is 1. The lowest BCUT2D eigenvalue weighted by atomic mass is 9.65. The fourth-order valence-electron chi connectivity index (χ4n) is 3.04. The Labute approximate surface area is 89.0 Å². The van der Waals surface area contributed by atoms with Crippen LogP contribution >= 0.6 is 0 Å². The van der Waals surface area contributed by atoms with E-state index in [9.17, 15) is 4.91 Å². The van der Waals surface area contributed by atoms with Gasteiger partial charge in [0.05, 0.1) is 11.3 Å². The average molecular weight is 211 g/mol. The van der Waals surface area contributed by atoms with Crippen LogP contribution in [-0.4, -0.2) is 23.0 Å². The van der Waals surface area contributed by atoms with Crippen LogP contribution in [0.15, 0.2) is 10.3 Å². The molecule has 2 saturated heterocycles. The van der Waals surface area contributed by atoms with Crippen molar-refractivity contribution in [3.05, 3.63) is 4.91 Å². The Hall–Kier alpha value is -0.970. The van der Waals surface area contributed by atoms with Gasteiger partial charge in [-0.1, -0.05) is 5.18 Å². The molecule has 2 N–H and O–H groups in total. The lowest BCUT2D eigenvalue weighted by Crippen LogP contribution is -2.65. The lowest BCUT2D eigenvalue weighted by molar-refractivity contribution is -0.182. The molecule has 1 aliphatic carbocycles. The number of nitroso groups, excluding NO2 is 1. The molecule has 3 aliphatic rings. The molecular formula is C10H17N3O2. The number of nitrogens with zero attached hydrogens (tertiary/aromatic N) is 2. The Morgan fingerprint density at radius 3 is 2.60 bits per heavy atom. The van der Waals surface area contributed by atoms with Gasteiger partial charge in [-0.25, -0.2) is 0 Å². The Morgan fingerprint density at radius 2 is 2.13 bits per heavy atom. The molecule has 3 atom stereocenters. The highest BCUT2D eigenvalue weighted by atomic mass is 16.5. The van der Waals surface area contributed by atoms with Crippen molar-refractivity contribution in [2.24, 2.45) is 22.0 Å². The fourth-order valence-corrected chi connectivity index (χ4v) is 3.04. The monoisotopic (exact) mass is 211 g/mol. The van der Waals surface area contributed by atoms with Crippen LogP contribution in [0.2, 0.25) is 0 Å². The maximum atomic E-state index is 10.9. The van der Waals surface area contributed by atoms with Crippen molar-refractivity contribution in [3.8, 4) is 0 Å². The Balaban J connectivity index is 2.47. The third-order valence-corrected chi connectivity index (χ3v) is 3.77. The normalized spacial score (nSPS) is 45.7. The summed E-state index contributed by atoms with van der Waals surface area (Å²) < 4.78 is 5.99. The van der Waals surface area contributed by atoms with Crippen LogP contribution in [0.3, 0.4) is 0 Å². The van der Waals surface area contributed by atoms with Gasteiger partial charge >= 0.3 is 0 Å². The first-order valence-electron chi connectivity index (χ1n) is 5.25. The molecular weight excluding hydrogens is 194 g/mol. The number of nitrogens with two attached hydrogens (primary N) is 1. The van der Waals surface area contributed by atoms with Crippen LogP contribution in [-0.2, 0) is 4.74 Å². The molecule has 0 aromatic heterocycles. The number of rotatable bonds is 1. The van der Waals surface area contributed by atoms with E-state index < -0.39 is 11.6 Å². The third kappa shape index (κ3) is 1.29. The number of hydrogen-bond acceptors (Lipinski definition) is 5. The number of fused-ring (bicyclic) bond motifs is 3. The molecule has 2 bridgehead atoms. The molecule has 2 heterocycles. The molecule has 0 aromatic rings. The summed E-state index contributed by atoms with van der Waals surface area (Å²) in [6.07, 6.45) is 1.81.